The van der Waals surface area contributed by atoms with Gasteiger partial charge in [-0.05, 0) is 25.5 Å². The first-order valence-electron chi connectivity index (χ1n) is 7.07. The number of benzene rings is 1. The van der Waals surface area contributed by atoms with Gasteiger partial charge < -0.3 is 15.2 Å². The lowest BCUT2D eigenvalue weighted by atomic mass is 10.2. The Bertz CT molecular complexity index is 892. The highest BCUT2D eigenvalue weighted by Gasteiger charge is 2.24. The Balaban J connectivity index is 1.99. The van der Waals surface area contributed by atoms with Gasteiger partial charge in [0, 0.05) is 11.8 Å². The molecule has 2 heterocycles. The number of aromatic nitrogens is 3. The number of hydrogen-bond donors (Lipinski definition) is 2. The summed E-state index contributed by atoms with van der Waals surface area (Å²) in [6, 6.07) is 9.04. The molecule has 9 nitrogen and oxygen atoms in total. The van der Waals surface area contributed by atoms with E-state index in [9.17, 15) is 10.1 Å². The third-order valence-corrected chi connectivity index (χ3v) is 3.28. The molecule has 0 unspecified atom stereocenters. The van der Waals surface area contributed by atoms with Gasteiger partial charge in [0.15, 0.2) is 5.82 Å². The maximum Gasteiger partial charge on any atom is 0.353 e. The summed E-state index contributed by atoms with van der Waals surface area (Å²) in [5, 5.41) is 21.0. The molecule has 0 saturated carbocycles. The van der Waals surface area contributed by atoms with Gasteiger partial charge in [0.2, 0.25) is 11.6 Å². The Morgan fingerprint density at radius 1 is 1.12 bits per heavy atom. The quantitative estimate of drug-likeness (QED) is 0.540. The Labute approximate surface area is 136 Å². The van der Waals surface area contributed by atoms with E-state index in [1.54, 1.807) is 13.0 Å². The zero-order valence-electron chi connectivity index (χ0n) is 13.0. The molecule has 2 aromatic heterocycles. The van der Waals surface area contributed by atoms with Gasteiger partial charge in [-0.3, -0.25) is 10.1 Å². The third-order valence-electron chi connectivity index (χ3n) is 3.28. The summed E-state index contributed by atoms with van der Waals surface area (Å²) in [7, 11) is 0. The van der Waals surface area contributed by atoms with Crippen molar-refractivity contribution in [1.82, 2.24) is 15.1 Å². The van der Waals surface area contributed by atoms with Crippen LogP contribution in [-0.2, 0) is 0 Å². The molecule has 0 saturated heterocycles. The topological polar surface area (TPSA) is 119 Å². The molecule has 0 aliphatic heterocycles. The van der Waals surface area contributed by atoms with E-state index in [-0.39, 0.29) is 17.3 Å². The van der Waals surface area contributed by atoms with Crippen molar-refractivity contribution in [2.24, 2.45) is 0 Å². The number of rotatable bonds is 5. The minimum atomic E-state index is -0.546. The number of nitro groups is 1. The molecular weight excluding hydrogens is 312 g/mol. The largest absolute Gasteiger partial charge is 0.360 e. The van der Waals surface area contributed by atoms with E-state index in [0.29, 0.717) is 11.6 Å². The van der Waals surface area contributed by atoms with Gasteiger partial charge in [0.1, 0.15) is 12.1 Å². The molecule has 0 spiro atoms. The number of aryl methyl sites for hydroxylation is 2. The second kappa shape index (κ2) is 6.32. The molecule has 0 fully saturated rings. The molecule has 1 aromatic carbocycles. The first-order valence-corrected chi connectivity index (χ1v) is 7.07. The van der Waals surface area contributed by atoms with Crippen molar-refractivity contribution in [2.75, 3.05) is 10.6 Å². The van der Waals surface area contributed by atoms with Crippen LogP contribution in [0.2, 0.25) is 0 Å². The van der Waals surface area contributed by atoms with E-state index in [2.05, 4.69) is 25.8 Å². The van der Waals surface area contributed by atoms with Crippen LogP contribution in [0, 0.1) is 24.0 Å². The van der Waals surface area contributed by atoms with Crippen LogP contribution in [0.15, 0.2) is 41.2 Å². The highest BCUT2D eigenvalue weighted by atomic mass is 16.6. The van der Waals surface area contributed by atoms with E-state index in [1.165, 1.54) is 6.33 Å². The smallest absolute Gasteiger partial charge is 0.353 e. The van der Waals surface area contributed by atoms with Crippen molar-refractivity contribution in [3.05, 3.63) is 58.1 Å². The average molecular weight is 326 g/mol. The fourth-order valence-electron chi connectivity index (χ4n) is 2.12. The Hall–Kier alpha value is -3.49. The summed E-state index contributed by atoms with van der Waals surface area (Å²) < 4.78 is 4.94. The number of nitrogens with one attached hydrogen (secondary N) is 2. The van der Waals surface area contributed by atoms with Gasteiger partial charge in [0.25, 0.3) is 0 Å². The van der Waals surface area contributed by atoms with Gasteiger partial charge in [-0.25, -0.2) is 9.97 Å². The Morgan fingerprint density at radius 3 is 2.46 bits per heavy atom. The minimum absolute atomic E-state index is 0.0272. The van der Waals surface area contributed by atoms with Gasteiger partial charge in [-0.15, -0.1) is 0 Å². The molecule has 24 heavy (non-hydrogen) atoms. The van der Waals surface area contributed by atoms with E-state index in [4.69, 9.17) is 4.52 Å². The highest BCUT2D eigenvalue weighted by molar-refractivity contribution is 5.76. The van der Waals surface area contributed by atoms with Crippen LogP contribution in [-0.4, -0.2) is 20.0 Å². The fourth-order valence-corrected chi connectivity index (χ4v) is 2.12. The molecule has 122 valence electrons. The van der Waals surface area contributed by atoms with Crippen LogP contribution in [0.5, 0.6) is 0 Å². The lowest BCUT2D eigenvalue weighted by molar-refractivity contribution is -0.383. The third kappa shape index (κ3) is 3.14. The predicted molar refractivity (Wildman–Crippen MR) is 87.7 cm³/mol. The molecule has 0 amide bonds. The maximum absolute atomic E-state index is 11.5. The monoisotopic (exact) mass is 326 g/mol. The molecule has 0 aliphatic rings. The summed E-state index contributed by atoms with van der Waals surface area (Å²) in [6.07, 6.45) is 1.24. The van der Waals surface area contributed by atoms with E-state index < -0.39 is 4.92 Å². The zero-order chi connectivity index (χ0) is 17.1. The van der Waals surface area contributed by atoms with Crippen LogP contribution in [0.4, 0.5) is 28.8 Å². The molecule has 0 aliphatic carbocycles. The molecule has 9 heteroatoms. The molecular formula is C15H14N6O3. The summed E-state index contributed by atoms with van der Waals surface area (Å²) >= 11 is 0. The van der Waals surface area contributed by atoms with Crippen molar-refractivity contribution in [1.29, 1.82) is 0 Å². The van der Waals surface area contributed by atoms with E-state index >= 15 is 0 Å². The summed E-state index contributed by atoms with van der Waals surface area (Å²) in [5.74, 6) is 1.02. The average Bonchev–Trinajstić information content (AvgIpc) is 2.94. The molecule has 3 rings (SSSR count). The van der Waals surface area contributed by atoms with Crippen molar-refractivity contribution < 1.29 is 9.45 Å². The number of hydrogen-bond acceptors (Lipinski definition) is 8. The first kappa shape index (κ1) is 15.4. The SMILES string of the molecule is Cc1cc(Nc2ncnc(Nc3ccccc3C)c2[N+](=O)[O-])no1. The van der Waals surface area contributed by atoms with Crippen LogP contribution < -0.4 is 10.6 Å². The molecule has 0 atom stereocenters. The fraction of sp³-hybridized carbons (Fsp3) is 0.133. The van der Waals surface area contributed by atoms with Crippen molar-refractivity contribution >= 4 is 28.8 Å². The zero-order valence-corrected chi connectivity index (χ0v) is 13.0. The van der Waals surface area contributed by atoms with Crippen LogP contribution in [0.25, 0.3) is 0 Å². The lowest BCUT2D eigenvalue weighted by Crippen LogP contribution is -2.06. The Kier molecular flexibility index (Phi) is 4.06. The second-order valence-corrected chi connectivity index (χ2v) is 5.06. The van der Waals surface area contributed by atoms with Gasteiger partial charge in [-0.1, -0.05) is 23.4 Å². The summed E-state index contributed by atoms with van der Waals surface area (Å²) in [6.45, 7) is 3.62. The number of nitrogens with zero attached hydrogens (tertiary/aromatic N) is 4. The van der Waals surface area contributed by atoms with E-state index in [0.717, 1.165) is 11.3 Å². The Morgan fingerprint density at radius 2 is 1.83 bits per heavy atom. The molecule has 0 radical (unpaired) electrons. The van der Waals surface area contributed by atoms with Gasteiger partial charge in [-0.2, -0.15) is 0 Å². The highest BCUT2D eigenvalue weighted by Crippen LogP contribution is 2.33. The van der Waals surface area contributed by atoms with Gasteiger partial charge >= 0.3 is 5.69 Å². The number of anilines is 4. The number of para-hydroxylation sites is 1. The molecule has 2 N–H and O–H groups in total. The molecule has 3 aromatic rings. The maximum atomic E-state index is 11.5. The molecule has 0 bridgehead atoms. The summed E-state index contributed by atoms with van der Waals surface area (Å²) in [5.41, 5.74) is 1.39. The van der Waals surface area contributed by atoms with Crippen LogP contribution >= 0.6 is 0 Å². The summed E-state index contributed by atoms with van der Waals surface area (Å²) in [4.78, 5) is 18.9. The van der Waals surface area contributed by atoms with Crippen molar-refractivity contribution in [3.8, 4) is 0 Å². The van der Waals surface area contributed by atoms with Crippen molar-refractivity contribution in [3.63, 3.8) is 0 Å². The second-order valence-electron chi connectivity index (χ2n) is 5.06. The minimum Gasteiger partial charge on any atom is -0.360 e. The first-order chi connectivity index (χ1) is 11.5. The van der Waals surface area contributed by atoms with Crippen molar-refractivity contribution in [2.45, 2.75) is 13.8 Å². The standard InChI is InChI=1S/C15H14N6O3/c1-9-5-3-4-6-11(9)18-14-13(21(22)23)15(17-8-16-14)19-12-7-10(2)24-20-12/h3-8H,1-2H3,(H2,16,17,18,19,20). The van der Waals surface area contributed by atoms with Crippen LogP contribution in [0.3, 0.4) is 0 Å². The van der Waals surface area contributed by atoms with Gasteiger partial charge in [0.05, 0.1) is 4.92 Å². The van der Waals surface area contributed by atoms with Crippen LogP contribution in [0.1, 0.15) is 11.3 Å². The predicted octanol–water partition coefficient (Wildman–Crippen LogP) is 3.48. The van der Waals surface area contributed by atoms with E-state index in [1.807, 2.05) is 31.2 Å². The normalized spacial score (nSPS) is 10.4. The lowest BCUT2D eigenvalue weighted by Gasteiger charge is -2.10.